The second-order valence-electron chi connectivity index (χ2n) is 4.92. The molecule has 0 heterocycles. The van der Waals surface area contributed by atoms with Gasteiger partial charge in [0.25, 0.3) is 10.2 Å². The number of rotatable bonds is 9. The monoisotopic (exact) mass is 343 g/mol. The van der Waals surface area contributed by atoms with E-state index in [2.05, 4.69) is 10.0 Å². The van der Waals surface area contributed by atoms with E-state index < -0.39 is 22.2 Å². The third-order valence-corrected chi connectivity index (χ3v) is 4.73. The van der Waals surface area contributed by atoms with Crippen LogP contribution in [0.1, 0.15) is 19.4 Å². The van der Waals surface area contributed by atoms with Crippen molar-refractivity contribution in [1.29, 1.82) is 0 Å². The Balaban J connectivity index is 2.80. The number of carbonyl (C=O) groups excluding carboxylic acids is 1. The van der Waals surface area contributed by atoms with E-state index in [1.165, 1.54) is 13.8 Å². The third-order valence-electron chi connectivity index (χ3n) is 3.11. The molecular weight excluding hydrogens is 322 g/mol. The summed E-state index contributed by atoms with van der Waals surface area (Å²) in [6, 6.07) is 7.62. The molecule has 0 saturated heterocycles. The van der Waals surface area contributed by atoms with Crippen molar-refractivity contribution in [2.45, 2.75) is 26.4 Å². The maximum atomic E-state index is 12.4. The fourth-order valence-electron chi connectivity index (χ4n) is 1.84. The van der Waals surface area contributed by atoms with Gasteiger partial charge in [0.2, 0.25) is 5.91 Å². The van der Waals surface area contributed by atoms with Crippen LogP contribution in [0.2, 0.25) is 0 Å². The molecule has 8 nitrogen and oxygen atoms in total. The second-order valence-corrected chi connectivity index (χ2v) is 6.63. The van der Waals surface area contributed by atoms with Crippen molar-refractivity contribution in [3.8, 4) is 0 Å². The van der Waals surface area contributed by atoms with Crippen molar-refractivity contribution in [2.75, 3.05) is 13.1 Å². The SMILES string of the molecule is CC(=O)NCCN(C(C)C(=O)O)S(=O)(=O)NCc1ccccc1. The van der Waals surface area contributed by atoms with E-state index in [0.717, 1.165) is 9.87 Å². The van der Waals surface area contributed by atoms with Crippen LogP contribution in [0.25, 0.3) is 0 Å². The van der Waals surface area contributed by atoms with Gasteiger partial charge in [-0.3, -0.25) is 9.59 Å². The first kappa shape index (κ1) is 19.1. The van der Waals surface area contributed by atoms with Crippen LogP contribution in [-0.2, 0) is 26.3 Å². The predicted octanol–water partition coefficient (Wildman–Crippen LogP) is -0.0678. The molecule has 1 rings (SSSR count). The molecule has 0 bridgehead atoms. The first-order chi connectivity index (χ1) is 10.7. The zero-order valence-electron chi connectivity index (χ0n) is 13.0. The van der Waals surface area contributed by atoms with Gasteiger partial charge in [-0.15, -0.1) is 0 Å². The molecule has 0 aliphatic carbocycles. The van der Waals surface area contributed by atoms with Gasteiger partial charge in [0.15, 0.2) is 0 Å². The molecule has 0 aliphatic rings. The highest BCUT2D eigenvalue weighted by Gasteiger charge is 2.31. The lowest BCUT2D eigenvalue weighted by molar-refractivity contribution is -0.140. The minimum Gasteiger partial charge on any atom is -0.480 e. The van der Waals surface area contributed by atoms with Crippen LogP contribution in [0.5, 0.6) is 0 Å². The van der Waals surface area contributed by atoms with Gasteiger partial charge in [0.1, 0.15) is 6.04 Å². The Labute approximate surface area is 135 Å². The normalized spacial score (nSPS) is 12.8. The predicted molar refractivity (Wildman–Crippen MR) is 84.7 cm³/mol. The minimum atomic E-state index is -4.01. The summed E-state index contributed by atoms with van der Waals surface area (Å²) in [5.41, 5.74) is 0.751. The first-order valence-corrected chi connectivity index (χ1v) is 8.45. The number of hydrogen-bond acceptors (Lipinski definition) is 4. The van der Waals surface area contributed by atoms with Gasteiger partial charge in [-0.2, -0.15) is 17.4 Å². The molecule has 0 aromatic heterocycles. The highest BCUT2D eigenvalue weighted by Crippen LogP contribution is 2.07. The number of hydrogen-bond donors (Lipinski definition) is 3. The van der Waals surface area contributed by atoms with E-state index in [1.54, 1.807) is 24.3 Å². The Kier molecular flexibility index (Phi) is 7.14. The van der Waals surface area contributed by atoms with Crippen molar-refractivity contribution in [2.24, 2.45) is 0 Å². The van der Waals surface area contributed by atoms with E-state index in [4.69, 9.17) is 5.11 Å². The molecule has 1 amide bonds. The van der Waals surface area contributed by atoms with Crippen molar-refractivity contribution in [3.05, 3.63) is 35.9 Å². The Morgan fingerprint density at radius 3 is 2.39 bits per heavy atom. The molecule has 0 aliphatic heterocycles. The van der Waals surface area contributed by atoms with Crippen LogP contribution in [0.15, 0.2) is 30.3 Å². The number of carbonyl (C=O) groups is 2. The highest BCUT2D eigenvalue weighted by molar-refractivity contribution is 7.87. The Morgan fingerprint density at radius 1 is 1.26 bits per heavy atom. The van der Waals surface area contributed by atoms with Gasteiger partial charge in [0.05, 0.1) is 0 Å². The smallest absolute Gasteiger partial charge is 0.321 e. The maximum Gasteiger partial charge on any atom is 0.321 e. The molecule has 1 aromatic rings. The standard InChI is InChI=1S/C14H21N3O5S/c1-11(14(19)20)17(9-8-15-12(2)18)23(21,22)16-10-13-6-4-3-5-7-13/h3-7,11,16H,8-10H2,1-2H3,(H,15,18)(H,19,20). The molecule has 0 radical (unpaired) electrons. The number of nitrogens with zero attached hydrogens (tertiary/aromatic N) is 1. The summed E-state index contributed by atoms with van der Waals surface area (Å²) < 4.78 is 27.9. The van der Waals surface area contributed by atoms with Crippen LogP contribution < -0.4 is 10.0 Å². The average molecular weight is 343 g/mol. The largest absolute Gasteiger partial charge is 0.480 e. The lowest BCUT2D eigenvalue weighted by Gasteiger charge is -2.25. The molecule has 1 aromatic carbocycles. The number of carboxylic acid groups (broad SMARTS) is 1. The zero-order chi connectivity index (χ0) is 17.5. The molecular formula is C14H21N3O5S. The number of benzene rings is 1. The van der Waals surface area contributed by atoms with Crippen LogP contribution in [0, 0.1) is 0 Å². The number of nitrogens with one attached hydrogen (secondary N) is 2. The number of aliphatic carboxylic acids is 1. The second kappa shape index (κ2) is 8.61. The van der Waals surface area contributed by atoms with Crippen LogP contribution in [0.3, 0.4) is 0 Å². The molecule has 0 spiro atoms. The molecule has 1 unspecified atom stereocenters. The highest BCUT2D eigenvalue weighted by atomic mass is 32.2. The third kappa shape index (κ3) is 6.35. The van der Waals surface area contributed by atoms with E-state index in [0.29, 0.717) is 0 Å². The topological polar surface area (TPSA) is 116 Å². The molecule has 0 fully saturated rings. The summed E-state index contributed by atoms with van der Waals surface area (Å²) in [4.78, 5) is 22.0. The minimum absolute atomic E-state index is 0.0270. The fourth-order valence-corrected chi connectivity index (χ4v) is 3.19. The summed E-state index contributed by atoms with van der Waals surface area (Å²) in [5, 5.41) is 11.5. The maximum absolute atomic E-state index is 12.4. The summed E-state index contributed by atoms with van der Waals surface area (Å²) in [6.45, 7) is 2.51. The van der Waals surface area contributed by atoms with E-state index in [1.807, 2.05) is 6.07 Å². The van der Waals surface area contributed by atoms with Gasteiger partial charge >= 0.3 is 5.97 Å². The number of amides is 1. The van der Waals surface area contributed by atoms with Crippen LogP contribution in [-0.4, -0.2) is 48.8 Å². The molecule has 0 saturated carbocycles. The summed E-state index contributed by atoms with van der Waals surface area (Å²) in [7, 11) is -4.01. The molecule has 3 N–H and O–H groups in total. The van der Waals surface area contributed by atoms with Crippen molar-refractivity contribution in [3.63, 3.8) is 0 Å². The van der Waals surface area contributed by atoms with Crippen LogP contribution >= 0.6 is 0 Å². The molecule has 23 heavy (non-hydrogen) atoms. The first-order valence-electron chi connectivity index (χ1n) is 7.01. The Hall–Kier alpha value is -1.97. The lowest BCUT2D eigenvalue weighted by atomic mass is 10.2. The van der Waals surface area contributed by atoms with Gasteiger partial charge in [0, 0.05) is 26.6 Å². The van der Waals surface area contributed by atoms with E-state index >= 15 is 0 Å². The van der Waals surface area contributed by atoms with E-state index in [9.17, 15) is 18.0 Å². The molecule has 9 heteroatoms. The molecule has 1 atom stereocenters. The van der Waals surface area contributed by atoms with Crippen LogP contribution in [0.4, 0.5) is 0 Å². The van der Waals surface area contributed by atoms with Gasteiger partial charge in [-0.25, -0.2) is 0 Å². The summed E-state index contributed by atoms with van der Waals surface area (Å²) in [5.74, 6) is -1.58. The van der Waals surface area contributed by atoms with Crippen molar-refractivity contribution < 1.29 is 23.1 Å². The quantitative estimate of drug-likeness (QED) is 0.580. The lowest BCUT2D eigenvalue weighted by Crippen LogP contribution is -2.50. The van der Waals surface area contributed by atoms with Gasteiger partial charge in [-0.05, 0) is 12.5 Å². The van der Waals surface area contributed by atoms with Crippen molar-refractivity contribution >= 4 is 22.1 Å². The molecule has 128 valence electrons. The average Bonchev–Trinajstić information content (AvgIpc) is 2.49. The van der Waals surface area contributed by atoms with Gasteiger partial charge in [-0.1, -0.05) is 30.3 Å². The zero-order valence-corrected chi connectivity index (χ0v) is 13.8. The van der Waals surface area contributed by atoms with E-state index in [-0.39, 0.29) is 25.5 Å². The van der Waals surface area contributed by atoms with Crippen molar-refractivity contribution in [1.82, 2.24) is 14.3 Å². The number of carboxylic acids is 1. The van der Waals surface area contributed by atoms with Gasteiger partial charge < -0.3 is 10.4 Å². The summed E-state index contributed by atoms with van der Waals surface area (Å²) >= 11 is 0. The summed E-state index contributed by atoms with van der Waals surface area (Å²) in [6.07, 6.45) is 0. The Bertz CT molecular complexity index is 633. The fraction of sp³-hybridized carbons (Fsp3) is 0.429. The Morgan fingerprint density at radius 2 is 1.87 bits per heavy atom.